The molecule has 5 atom stereocenters. The molecule has 0 saturated heterocycles. The van der Waals surface area contributed by atoms with Crippen LogP contribution in [0.1, 0.15) is 46.5 Å². The summed E-state index contributed by atoms with van der Waals surface area (Å²) in [5, 5.41) is 31.2. The molecule has 18 heteroatoms. The molecule has 8 bridgehead atoms. The first-order chi connectivity index (χ1) is 28.4. The van der Waals surface area contributed by atoms with Gasteiger partial charge in [-0.2, -0.15) is 0 Å². The van der Waals surface area contributed by atoms with Crippen LogP contribution in [-0.2, 0) is 28.6 Å². The Morgan fingerprint density at radius 2 is 1.51 bits per heavy atom. The normalized spacial score (nSPS) is 20.2. The van der Waals surface area contributed by atoms with Gasteiger partial charge in [-0.1, -0.05) is 23.7 Å². The molecule has 59 heavy (non-hydrogen) atoms. The number of nitrogens with one attached hydrogen (secondary N) is 3. The van der Waals surface area contributed by atoms with Crippen LogP contribution in [0.3, 0.4) is 0 Å². The van der Waals surface area contributed by atoms with Crippen LogP contribution in [-0.4, -0.2) is 96.1 Å². The second-order valence-corrected chi connectivity index (χ2v) is 13.8. The SMILES string of the molecule is COCCOCOC[C@H]1NC(=O)[C@H]2NC(=O)[C@@H](NC(=O)[C@H](N)c3cc(O)c(OC)c(c3)Oc3ccc(cc3Cl)[C@@H]2O)c2ccc(OC)c(c2)-c2c(OC)cc(OC)cc21. The molecule has 0 radical (unpaired) electrons. The molecular weight excluding hydrogens is 792 g/mol. The number of ether oxygens (including phenoxy) is 8. The number of methoxy groups -OCH3 is 5. The Morgan fingerprint density at radius 1 is 0.746 bits per heavy atom. The number of aliphatic hydroxyl groups is 1. The van der Waals surface area contributed by atoms with Crippen LogP contribution in [0.25, 0.3) is 11.1 Å². The summed E-state index contributed by atoms with van der Waals surface area (Å²) in [7, 11) is 7.24. The Balaban J connectivity index is 1.59. The van der Waals surface area contributed by atoms with E-state index in [2.05, 4.69) is 16.0 Å². The summed E-state index contributed by atoms with van der Waals surface area (Å²) in [4.78, 5) is 43.3. The third-order valence-corrected chi connectivity index (χ3v) is 10.1. The number of carbonyl (C=O) groups is 3. The van der Waals surface area contributed by atoms with Gasteiger partial charge in [0.1, 0.15) is 54.0 Å². The van der Waals surface area contributed by atoms with Crippen molar-refractivity contribution in [2.45, 2.75) is 30.3 Å². The van der Waals surface area contributed by atoms with Crippen molar-refractivity contribution in [3.63, 3.8) is 0 Å². The number of amides is 3. The summed E-state index contributed by atoms with van der Waals surface area (Å²) in [6, 6.07) is 9.28. The van der Waals surface area contributed by atoms with Gasteiger partial charge in [0.15, 0.2) is 11.5 Å². The highest BCUT2D eigenvalue weighted by atomic mass is 35.5. The van der Waals surface area contributed by atoms with E-state index in [0.29, 0.717) is 40.5 Å². The Labute approximate surface area is 344 Å². The molecule has 3 heterocycles. The van der Waals surface area contributed by atoms with Crippen LogP contribution >= 0.6 is 11.6 Å². The fraction of sp³-hybridized carbons (Fsp3) is 0.341. The number of fused-ring (bicyclic) bond motifs is 8. The zero-order valence-electron chi connectivity index (χ0n) is 32.8. The average Bonchev–Trinajstić information content (AvgIpc) is 3.23. The number of aromatic hydroxyl groups is 1. The minimum absolute atomic E-state index is 0.0148. The van der Waals surface area contributed by atoms with Gasteiger partial charge in [0.2, 0.25) is 23.5 Å². The predicted molar refractivity (Wildman–Crippen MR) is 212 cm³/mol. The summed E-state index contributed by atoms with van der Waals surface area (Å²) < 4.78 is 45.3. The number of benzene rings is 4. The van der Waals surface area contributed by atoms with Gasteiger partial charge in [0.05, 0.1) is 59.3 Å². The van der Waals surface area contributed by atoms with Crippen molar-refractivity contribution in [1.82, 2.24) is 16.0 Å². The fourth-order valence-corrected chi connectivity index (χ4v) is 7.05. The Morgan fingerprint density at radius 3 is 2.20 bits per heavy atom. The maximum absolute atomic E-state index is 14.7. The first-order valence-electron chi connectivity index (χ1n) is 18.2. The van der Waals surface area contributed by atoms with E-state index < -0.39 is 53.7 Å². The second-order valence-electron chi connectivity index (χ2n) is 13.4. The topological polar surface area (TPSA) is 228 Å². The number of phenolic OH excluding ortho intramolecular Hbond substituents is 1. The molecule has 4 aromatic rings. The Bertz CT molecular complexity index is 2210. The van der Waals surface area contributed by atoms with Crippen molar-refractivity contribution in [2.24, 2.45) is 5.73 Å². The number of aliphatic hydroxyl groups excluding tert-OH is 1. The lowest BCUT2D eigenvalue weighted by Crippen LogP contribution is -2.54. The summed E-state index contributed by atoms with van der Waals surface area (Å²) in [6.07, 6.45) is -1.73. The van der Waals surface area contributed by atoms with Crippen molar-refractivity contribution in [3.8, 4) is 51.4 Å². The molecule has 0 unspecified atom stereocenters. The minimum atomic E-state index is -1.73. The third-order valence-electron chi connectivity index (χ3n) is 9.83. The van der Waals surface area contributed by atoms with E-state index in [1.54, 1.807) is 30.3 Å². The van der Waals surface area contributed by atoms with Crippen LogP contribution in [0, 0.1) is 0 Å². The van der Waals surface area contributed by atoms with Crippen LogP contribution in [0.15, 0.2) is 60.7 Å². The van der Waals surface area contributed by atoms with Crippen molar-refractivity contribution in [2.75, 3.05) is 62.2 Å². The number of rotatable bonds is 11. The quantitative estimate of drug-likeness (QED) is 0.0935. The summed E-state index contributed by atoms with van der Waals surface area (Å²) in [6.45, 7) is 0.228. The molecule has 17 nitrogen and oxygen atoms in total. The Hall–Kier alpha value is -5.82. The molecule has 3 aliphatic rings. The molecule has 0 aliphatic carbocycles. The molecule has 0 aromatic heterocycles. The van der Waals surface area contributed by atoms with Crippen molar-refractivity contribution in [3.05, 3.63) is 87.9 Å². The summed E-state index contributed by atoms with van der Waals surface area (Å²) >= 11 is 6.68. The van der Waals surface area contributed by atoms with Crippen LogP contribution in [0.2, 0.25) is 5.02 Å². The summed E-state index contributed by atoms with van der Waals surface area (Å²) in [5.41, 5.74) is 8.19. The second kappa shape index (κ2) is 18.8. The van der Waals surface area contributed by atoms with E-state index in [1.807, 2.05) is 0 Å². The van der Waals surface area contributed by atoms with E-state index in [-0.39, 0.29) is 59.0 Å². The third kappa shape index (κ3) is 9.10. The average molecular weight is 837 g/mol. The Kier molecular flexibility index (Phi) is 13.7. The molecule has 0 fully saturated rings. The highest BCUT2D eigenvalue weighted by Gasteiger charge is 2.38. The number of hydrogen-bond donors (Lipinski definition) is 6. The van der Waals surface area contributed by atoms with Gasteiger partial charge in [-0.25, -0.2) is 0 Å². The monoisotopic (exact) mass is 836 g/mol. The lowest BCUT2D eigenvalue weighted by Gasteiger charge is -2.31. The van der Waals surface area contributed by atoms with E-state index in [4.69, 9.17) is 55.2 Å². The van der Waals surface area contributed by atoms with Gasteiger partial charge >= 0.3 is 0 Å². The smallest absolute Gasteiger partial charge is 0.247 e. The van der Waals surface area contributed by atoms with Crippen molar-refractivity contribution in [1.29, 1.82) is 0 Å². The highest BCUT2D eigenvalue weighted by molar-refractivity contribution is 6.32. The molecular formula is C41H45ClN4O13. The number of nitrogens with two attached hydrogens (primary N) is 1. The highest BCUT2D eigenvalue weighted by Crippen LogP contribution is 2.46. The lowest BCUT2D eigenvalue weighted by molar-refractivity contribution is -0.135. The maximum atomic E-state index is 14.7. The first-order valence-corrected chi connectivity index (χ1v) is 18.6. The van der Waals surface area contributed by atoms with E-state index in [0.717, 1.165) is 0 Å². The molecule has 3 amide bonds. The van der Waals surface area contributed by atoms with E-state index >= 15 is 0 Å². The number of carbonyl (C=O) groups excluding carboxylic acids is 3. The summed E-state index contributed by atoms with van der Waals surface area (Å²) in [5.74, 6) is -2.03. The lowest BCUT2D eigenvalue weighted by atomic mass is 9.89. The fourth-order valence-electron chi connectivity index (χ4n) is 6.82. The van der Waals surface area contributed by atoms with Crippen LogP contribution in [0.5, 0.6) is 40.2 Å². The van der Waals surface area contributed by atoms with E-state index in [9.17, 15) is 24.6 Å². The van der Waals surface area contributed by atoms with Crippen LogP contribution in [0.4, 0.5) is 0 Å². The molecule has 0 saturated carbocycles. The van der Waals surface area contributed by atoms with Crippen molar-refractivity contribution >= 4 is 29.3 Å². The first kappa shape index (κ1) is 42.8. The van der Waals surface area contributed by atoms with Gasteiger partial charge in [0, 0.05) is 24.3 Å². The zero-order valence-corrected chi connectivity index (χ0v) is 33.6. The molecule has 7 rings (SSSR count). The number of hydrogen-bond acceptors (Lipinski definition) is 14. The standard InChI is InChI=1S/C41H45ClN4O13/c1-52-10-11-57-19-58-18-27-24-16-23(53-2)17-31(55-4)33(24)25-12-20(6-8-29(25)54-3)35-40(50)46-36(41(51)44-27)37(48)21-7-9-30(26(42)13-21)59-32-15-22(34(43)39(49)45-35)14-28(47)38(32)56-5/h6-9,12-17,27,34-37,47-48H,10-11,18-19,43H2,1-5H3,(H,44,51)(H,45,49)(H,46,50)/t27-,34-,35+,36+,37+/m1/s1. The van der Waals surface area contributed by atoms with Gasteiger partial charge in [-0.05, 0) is 64.7 Å². The van der Waals surface area contributed by atoms with Crippen molar-refractivity contribution < 1.29 is 62.5 Å². The molecule has 314 valence electrons. The molecule has 7 N–H and O–H groups in total. The van der Waals surface area contributed by atoms with E-state index in [1.165, 1.54) is 65.9 Å². The largest absolute Gasteiger partial charge is 0.504 e. The van der Waals surface area contributed by atoms with Gasteiger partial charge < -0.3 is 69.8 Å². The predicted octanol–water partition coefficient (Wildman–Crippen LogP) is 3.74. The minimum Gasteiger partial charge on any atom is -0.504 e. The molecule has 0 spiro atoms. The van der Waals surface area contributed by atoms with Gasteiger partial charge in [-0.15, -0.1) is 0 Å². The maximum Gasteiger partial charge on any atom is 0.247 e. The number of halogens is 1. The number of phenols is 1. The molecule has 4 aromatic carbocycles. The molecule has 3 aliphatic heterocycles. The van der Waals surface area contributed by atoms with Gasteiger partial charge in [0.25, 0.3) is 0 Å². The van der Waals surface area contributed by atoms with Gasteiger partial charge in [-0.3, -0.25) is 14.4 Å². The van der Waals surface area contributed by atoms with Crippen LogP contribution < -0.4 is 45.4 Å². The zero-order chi connectivity index (χ0) is 42.4.